The van der Waals surface area contributed by atoms with Gasteiger partial charge in [0.05, 0.1) is 0 Å². The van der Waals surface area contributed by atoms with E-state index in [2.05, 4.69) is 47.8 Å². The van der Waals surface area contributed by atoms with Crippen LogP contribution in [-0.4, -0.2) is 22.6 Å². The monoisotopic (exact) mass is 392 g/mol. The topological polar surface area (TPSA) is 63.6 Å². The predicted molar refractivity (Wildman–Crippen MR) is 114 cm³/mol. The van der Waals surface area contributed by atoms with Crippen LogP contribution in [0.5, 0.6) is 0 Å². The fourth-order valence-electron chi connectivity index (χ4n) is 4.87. The van der Waals surface area contributed by atoms with Crippen LogP contribution in [0.15, 0.2) is 24.8 Å². The van der Waals surface area contributed by atoms with E-state index in [0.717, 1.165) is 32.1 Å². The van der Waals surface area contributed by atoms with Crippen molar-refractivity contribution >= 4 is 11.9 Å². The maximum Gasteiger partial charge on any atom is 0.331 e. The second kappa shape index (κ2) is 9.28. The molecule has 0 heterocycles. The summed E-state index contributed by atoms with van der Waals surface area (Å²) >= 11 is 0. The Kier molecular flexibility index (Phi) is 8.10. The number of ether oxygens (including phenoxy) is 1. The van der Waals surface area contributed by atoms with Gasteiger partial charge in [-0.2, -0.15) is 0 Å². The summed E-state index contributed by atoms with van der Waals surface area (Å²) in [4.78, 5) is 22.0. The van der Waals surface area contributed by atoms with Crippen LogP contribution in [0.4, 0.5) is 0 Å². The number of carboxylic acids is 1. The van der Waals surface area contributed by atoms with Gasteiger partial charge in [0.1, 0.15) is 5.60 Å². The second-order valence-corrected chi connectivity index (χ2v) is 10.4. The number of aliphatic carboxylic acids is 1. The van der Waals surface area contributed by atoms with Gasteiger partial charge in [-0.15, -0.1) is 0 Å². The molecule has 3 unspecified atom stereocenters. The number of carbonyl (C=O) groups excluding carboxylic acids is 1. The van der Waals surface area contributed by atoms with Gasteiger partial charge in [-0.05, 0) is 62.7 Å². The van der Waals surface area contributed by atoms with Crippen molar-refractivity contribution in [2.24, 2.45) is 22.7 Å². The molecule has 3 atom stereocenters. The third kappa shape index (κ3) is 6.49. The molecule has 4 heteroatoms. The molecule has 2 aliphatic rings. The maximum absolute atomic E-state index is 11.2. The summed E-state index contributed by atoms with van der Waals surface area (Å²) < 4.78 is 5.49. The van der Waals surface area contributed by atoms with Crippen molar-refractivity contribution in [2.45, 2.75) is 92.1 Å². The van der Waals surface area contributed by atoms with E-state index in [9.17, 15) is 9.59 Å². The summed E-state index contributed by atoms with van der Waals surface area (Å²) in [5.41, 5.74) is 0.408. The van der Waals surface area contributed by atoms with Crippen molar-refractivity contribution in [2.75, 3.05) is 0 Å². The summed E-state index contributed by atoms with van der Waals surface area (Å²) in [6.07, 6.45) is 8.83. The van der Waals surface area contributed by atoms with E-state index in [1.807, 2.05) is 6.92 Å². The highest BCUT2D eigenvalue weighted by Gasteiger charge is 2.45. The number of carboxylic acid groups (broad SMARTS) is 1. The largest absolute Gasteiger partial charge is 0.478 e. The molecule has 0 aromatic rings. The van der Waals surface area contributed by atoms with Crippen LogP contribution in [0.25, 0.3) is 0 Å². The summed E-state index contributed by atoms with van der Waals surface area (Å²) in [7, 11) is 0. The molecule has 2 aliphatic carbocycles. The van der Waals surface area contributed by atoms with Gasteiger partial charge in [0.25, 0.3) is 0 Å². The van der Waals surface area contributed by atoms with Crippen LogP contribution in [0.2, 0.25) is 0 Å². The third-order valence-electron chi connectivity index (χ3n) is 6.78. The van der Waals surface area contributed by atoms with Crippen molar-refractivity contribution in [1.82, 2.24) is 0 Å². The molecule has 0 spiro atoms. The fourth-order valence-corrected chi connectivity index (χ4v) is 4.87. The molecular formula is C24H40O4. The van der Waals surface area contributed by atoms with E-state index in [0.29, 0.717) is 11.5 Å². The lowest BCUT2D eigenvalue weighted by atomic mass is 9.66. The first-order chi connectivity index (χ1) is 12.7. The van der Waals surface area contributed by atoms with Crippen molar-refractivity contribution < 1.29 is 19.4 Å². The van der Waals surface area contributed by atoms with Crippen LogP contribution < -0.4 is 0 Å². The van der Waals surface area contributed by atoms with E-state index in [4.69, 9.17) is 9.84 Å². The van der Waals surface area contributed by atoms with Gasteiger partial charge >= 0.3 is 11.9 Å². The van der Waals surface area contributed by atoms with Gasteiger partial charge in [-0.3, -0.25) is 0 Å². The van der Waals surface area contributed by atoms with Gasteiger partial charge in [-0.25, -0.2) is 9.59 Å². The van der Waals surface area contributed by atoms with Crippen molar-refractivity contribution in [3.63, 3.8) is 0 Å². The molecule has 160 valence electrons. The van der Waals surface area contributed by atoms with E-state index < -0.39 is 5.97 Å². The summed E-state index contributed by atoms with van der Waals surface area (Å²) in [6, 6.07) is 0. The fraction of sp³-hybridized carbons (Fsp3) is 0.750. The molecule has 0 aromatic heterocycles. The van der Waals surface area contributed by atoms with Crippen LogP contribution in [0, 0.1) is 22.7 Å². The zero-order valence-corrected chi connectivity index (χ0v) is 18.8. The van der Waals surface area contributed by atoms with Crippen molar-refractivity contribution in [1.29, 1.82) is 0 Å². The van der Waals surface area contributed by atoms with Gasteiger partial charge in [-0.1, -0.05) is 54.2 Å². The minimum Gasteiger partial charge on any atom is -0.478 e. The highest BCUT2D eigenvalue weighted by molar-refractivity contribution is 5.86. The molecule has 2 saturated carbocycles. The Hall–Kier alpha value is -1.58. The standard InChI is InChI=1S/2C12H20O2/c1-8-5-10(9(2)11(13)14)7-12(3,4)6-8;1-5-10(13)14-12(4)9-7-6-8-11(12,2)3/h8,10H,2,5-7H2,1,3-4H3,(H,13,14);5H,1,6-9H2,2-4H3. The molecule has 2 fully saturated rings. The molecule has 0 aromatic carbocycles. The number of carbonyl (C=O) groups is 2. The normalized spacial score (nSPS) is 30.9. The van der Waals surface area contributed by atoms with Crippen LogP contribution in [-0.2, 0) is 14.3 Å². The Morgan fingerprint density at radius 3 is 2.11 bits per heavy atom. The molecule has 0 aliphatic heterocycles. The summed E-state index contributed by atoms with van der Waals surface area (Å²) in [5.74, 6) is -0.353. The van der Waals surface area contributed by atoms with E-state index in [-0.39, 0.29) is 28.3 Å². The first-order valence-electron chi connectivity index (χ1n) is 10.5. The molecule has 0 radical (unpaired) electrons. The highest BCUT2D eigenvalue weighted by atomic mass is 16.6. The lowest BCUT2D eigenvalue weighted by Crippen LogP contribution is -2.47. The minimum absolute atomic E-state index is 0.0733. The van der Waals surface area contributed by atoms with Gasteiger partial charge in [0.15, 0.2) is 0 Å². The van der Waals surface area contributed by atoms with Crippen LogP contribution in [0.3, 0.4) is 0 Å². The Balaban J connectivity index is 0.000000280. The Labute approximate surface area is 171 Å². The van der Waals surface area contributed by atoms with Gasteiger partial charge in [0, 0.05) is 17.1 Å². The average molecular weight is 393 g/mol. The SMILES string of the molecule is C=C(C(=O)O)C1CC(C)CC(C)(C)C1.C=CC(=O)OC1(C)CCCCC1(C)C. The second-order valence-electron chi connectivity index (χ2n) is 10.4. The Morgan fingerprint density at radius 2 is 1.64 bits per heavy atom. The number of hydrogen-bond donors (Lipinski definition) is 1. The van der Waals surface area contributed by atoms with Crippen LogP contribution in [0.1, 0.15) is 86.5 Å². The summed E-state index contributed by atoms with van der Waals surface area (Å²) in [5, 5.41) is 8.89. The molecule has 1 N–H and O–H groups in total. The van der Waals surface area contributed by atoms with E-state index in [1.165, 1.54) is 18.9 Å². The first-order valence-corrected chi connectivity index (χ1v) is 10.5. The lowest BCUT2D eigenvalue weighted by Gasteiger charge is -2.46. The van der Waals surface area contributed by atoms with Gasteiger partial charge < -0.3 is 9.84 Å². The lowest BCUT2D eigenvalue weighted by molar-refractivity contribution is -0.171. The van der Waals surface area contributed by atoms with Crippen molar-refractivity contribution in [3.05, 3.63) is 24.8 Å². The molecule has 4 nitrogen and oxygen atoms in total. The third-order valence-corrected chi connectivity index (χ3v) is 6.78. The molecule has 0 amide bonds. The zero-order valence-electron chi connectivity index (χ0n) is 18.8. The average Bonchev–Trinajstić information content (AvgIpc) is 2.55. The Bertz CT molecular complexity index is 602. The predicted octanol–water partition coefficient (Wildman–Crippen LogP) is 6.16. The number of rotatable bonds is 4. The quantitative estimate of drug-likeness (QED) is 0.459. The van der Waals surface area contributed by atoms with E-state index in [1.54, 1.807) is 0 Å². The Morgan fingerprint density at radius 1 is 1.07 bits per heavy atom. The molecule has 28 heavy (non-hydrogen) atoms. The highest BCUT2D eigenvalue weighted by Crippen LogP contribution is 2.46. The zero-order chi connectivity index (χ0) is 21.8. The molecular weight excluding hydrogens is 352 g/mol. The maximum atomic E-state index is 11.2. The minimum atomic E-state index is -0.833. The van der Waals surface area contributed by atoms with Crippen molar-refractivity contribution in [3.8, 4) is 0 Å². The molecule has 0 saturated heterocycles. The smallest absolute Gasteiger partial charge is 0.331 e. The van der Waals surface area contributed by atoms with Gasteiger partial charge in [0.2, 0.25) is 0 Å². The summed E-state index contributed by atoms with van der Waals surface area (Å²) in [6.45, 7) is 20.1. The number of esters is 1. The number of hydrogen-bond acceptors (Lipinski definition) is 3. The molecule has 0 bridgehead atoms. The van der Waals surface area contributed by atoms with E-state index >= 15 is 0 Å². The first kappa shape index (κ1) is 24.5. The van der Waals surface area contributed by atoms with Crippen LogP contribution >= 0.6 is 0 Å². The molecule has 2 rings (SSSR count).